The average molecular weight is 398 g/mol. The van der Waals surface area contributed by atoms with Crippen LogP contribution in [0.1, 0.15) is 12.1 Å². The minimum absolute atomic E-state index is 0.0654. The topological polar surface area (TPSA) is 92.1 Å². The number of nitriles is 1. The lowest BCUT2D eigenvalue weighted by atomic mass is 10.2. The van der Waals surface area contributed by atoms with Crippen molar-refractivity contribution < 1.29 is 14.3 Å². The number of carbonyl (C=O) groups is 2. The number of aromatic nitrogens is 1. The first-order valence-electron chi connectivity index (χ1n) is 7.19. The Morgan fingerprint density at radius 2 is 2.04 bits per heavy atom. The standard InChI is InChI=1S/C16H13Cl2N3O3S/c17-11-3-1-4-12(18)15(11)16-21-10(9-25-16)7-14(23)24-8-13(22)20-6-2-5-19/h1,3-4,9H,2,6-8H2,(H,20,22). The molecular weight excluding hydrogens is 385 g/mol. The van der Waals surface area contributed by atoms with Crippen molar-refractivity contribution in [3.63, 3.8) is 0 Å². The second kappa shape index (κ2) is 9.37. The van der Waals surface area contributed by atoms with Crippen LogP contribution in [-0.4, -0.2) is 30.0 Å². The van der Waals surface area contributed by atoms with Crippen LogP contribution in [0.3, 0.4) is 0 Å². The number of benzene rings is 1. The minimum atomic E-state index is -0.572. The van der Waals surface area contributed by atoms with E-state index in [4.69, 9.17) is 33.2 Å². The lowest BCUT2D eigenvalue weighted by Gasteiger charge is -2.04. The Kier molecular flexibility index (Phi) is 7.19. The molecule has 0 saturated carbocycles. The van der Waals surface area contributed by atoms with Crippen molar-refractivity contribution in [1.82, 2.24) is 10.3 Å². The molecule has 1 N–H and O–H groups in total. The Morgan fingerprint density at radius 3 is 2.72 bits per heavy atom. The number of nitrogens with zero attached hydrogens (tertiary/aromatic N) is 2. The number of thiazole rings is 1. The van der Waals surface area contributed by atoms with Gasteiger partial charge in [-0.25, -0.2) is 4.98 Å². The summed E-state index contributed by atoms with van der Waals surface area (Å²) in [5.74, 6) is -1.03. The Hall–Kier alpha value is -2.14. The molecule has 0 bridgehead atoms. The molecule has 130 valence electrons. The summed E-state index contributed by atoms with van der Waals surface area (Å²) in [5, 5.41) is 14.1. The van der Waals surface area contributed by atoms with Crippen LogP contribution in [0.5, 0.6) is 0 Å². The molecule has 6 nitrogen and oxygen atoms in total. The molecule has 1 aromatic heterocycles. The van der Waals surface area contributed by atoms with Crippen LogP contribution >= 0.6 is 34.5 Å². The second-order valence-electron chi connectivity index (χ2n) is 4.84. The molecule has 0 aliphatic rings. The summed E-state index contributed by atoms with van der Waals surface area (Å²) in [7, 11) is 0. The van der Waals surface area contributed by atoms with Crippen molar-refractivity contribution in [2.45, 2.75) is 12.8 Å². The zero-order chi connectivity index (χ0) is 18.2. The summed E-state index contributed by atoms with van der Waals surface area (Å²) in [6, 6.07) is 7.06. The number of esters is 1. The van der Waals surface area contributed by atoms with E-state index >= 15 is 0 Å². The number of amides is 1. The van der Waals surface area contributed by atoms with Crippen molar-refractivity contribution in [3.05, 3.63) is 39.3 Å². The van der Waals surface area contributed by atoms with Crippen LogP contribution in [0.2, 0.25) is 10.0 Å². The second-order valence-corrected chi connectivity index (χ2v) is 6.51. The number of halogens is 2. The third-order valence-corrected chi connectivity index (χ3v) is 4.52. The van der Waals surface area contributed by atoms with Gasteiger partial charge >= 0.3 is 5.97 Å². The molecule has 0 aliphatic heterocycles. The molecule has 0 unspecified atom stereocenters. The molecule has 1 amide bonds. The maximum absolute atomic E-state index is 11.8. The monoisotopic (exact) mass is 397 g/mol. The van der Waals surface area contributed by atoms with Gasteiger partial charge in [0.25, 0.3) is 5.91 Å². The van der Waals surface area contributed by atoms with Crippen LogP contribution < -0.4 is 5.32 Å². The highest BCUT2D eigenvalue weighted by atomic mass is 35.5. The molecule has 0 fully saturated rings. The Labute approximate surface area is 158 Å². The highest BCUT2D eigenvalue weighted by molar-refractivity contribution is 7.13. The quantitative estimate of drug-likeness (QED) is 0.571. The number of hydrogen-bond acceptors (Lipinski definition) is 6. The third-order valence-electron chi connectivity index (χ3n) is 2.98. The van der Waals surface area contributed by atoms with E-state index in [2.05, 4.69) is 10.3 Å². The van der Waals surface area contributed by atoms with Gasteiger partial charge in [-0.05, 0) is 12.1 Å². The van der Waals surface area contributed by atoms with Gasteiger partial charge in [0.1, 0.15) is 5.01 Å². The Balaban J connectivity index is 1.90. The van der Waals surface area contributed by atoms with Crippen LogP contribution in [0.15, 0.2) is 23.6 Å². The minimum Gasteiger partial charge on any atom is -0.455 e. The Morgan fingerprint density at radius 1 is 1.32 bits per heavy atom. The zero-order valence-corrected chi connectivity index (χ0v) is 15.2. The van der Waals surface area contributed by atoms with Gasteiger partial charge < -0.3 is 10.1 Å². The molecule has 0 aliphatic carbocycles. The summed E-state index contributed by atoms with van der Waals surface area (Å²) < 4.78 is 4.88. The number of hydrogen-bond donors (Lipinski definition) is 1. The van der Waals surface area contributed by atoms with Gasteiger partial charge in [0.2, 0.25) is 0 Å². The summed E-state index contributed by atoms with van der Waals surface area (Å²) >= 11 is 13.6. The smallest absolute Gasteiger partial charge is 0.312 e. The van der Waals surface area contributed by atoms with Crippen LogP contribution in [0.25, 0.3) is 10.6 Å². The first kappa shape index (κ1) is 19.2. The number of nitrogens with one attached hydrogen (secondary N) is 1. The molecule has 1 heterocycles. The number of ether oxygens (including phenoxy) is 1. The average Bonchev–Trinajstić information content (AvgIpc) is 3.01. The lowest BCUT2D eigenvalue weighted by molar-refractivity contribution is -0.147. The first-order chi connectivity index (χ1) is 12.0. The number of carbonyl (C=O) groups excluding carboxylic acids is 2. The molecule has 0 radical (unpaired) electrons. The summed E-state index contributed by atoms with van der Waals surface area (Å²) in [6.07, 6.45) is 0.135. The molecule has 1 aromatic carbocycles. The molecule has 2 rings (SSSR count). The van der Waals surface area contributed by atoms with Crippen LogP contribution in [-0.2, 0) is 20.7 Å². The highest BCUT2D eigenvalue weighted by Gasteiger charge is 2.15. The van der Waals surface area contributed by atoms with Crippen molar-refractivity contribution in [2.24, 2.45) is 0 Å². The molecule has 25 heavy (non-hydrogen) atoms. The fourth-order valence-corrected chi connectivity index (χ4v) is 3.44. The van der Waals surface area contributed by atoms with E-state index in [9.17, 15) is 9.59 Å². The van der Waals surface area contributed by atoms with E-state index in [0.717, 1.165) is 0 Å². The fourth-order valence-electron chi connectivity index (χ4n) is 1.86. The van der Waals surface area contributed by atoms with Crippen molar-refractivity contribution in [1.29, 1.82) is 5.26 Å². The molecule has 9 heteroatoms. The molecule has 0 atom stereocenters. The van der Waals surface area contributed by atoms with Gasteiger partial charge in [-0.3, -0.25) is 9.59 Å². The van der Waals surface area contributed by atoms with E-state index in [1.165, 1.54) is 11.3 Å². The maximum Gasteiger partial charge on any atom is 0.312 e. The maximum atomic E-state index is 11.8. The van der Waals surface area contributed by atoms with Gasteiger partial charge in [-0.1, -0.05) is 29.3 Å². The molecule has 2 aromatic rings. The SMILES string of the molecule is N#CCCNC(=O)COC(=O)Cc1csc(-c2c(Cl)cccc2Cl)n1. The van der Waals surface area contributed by atoms with Gasteiger partial charge in [-0.2, -0.15) is 5.26 Å². The van der Waals surface area contributed by atoms with E-state index in [1.807, 2.05) is 6.07 Å². The molecule has 0 spiro atoms. The van der Waals surface area contributed by atoms with Crippen molar-refractivity contribution in [2.75, 3.05) is 13.2 Å². The van der Waals surface area contributed by atoms with E-state index in [0.29, 0.717) is 26.3 Å². The van der Waals surface area contributed by atoms with Gasteiger partial charge in [0.05, 0.1) is 34.7 Å². The largest absolute Gasteiger partial charge is 0.455 e. The van der Waals surface area contributed by atoms with Crippen LogP contribution in [0.4, 0.5) is 0 Å². The highest BCUT2D eigenvalue weighted by Crippen LogP contribution is 2.36. The van der Waals surface area contributed by atoms with E-state index in [-0.39, 0.29) is 19.4 Å². The predicted octanol–water partition coefficient (Wildman–Crippen LogP) is 3.23. The van der Waals surface area contributed by atoms with Gasteiger partial charge in [-0.15, -0.1) is 11.3 Å². The first-order valence-corrected chi connectivity index (χ1v) is 8.83. The third kappa shape index (κ3) is 5.71. The molecular formula is C16H13Cl2N3O3S. The lowest BCUT2D eigenvalue weighted by Crippen LogP contribution is -2.29. The van der Waals surface area contributed by atoms with Gasteiger partial charge in [0.15, 0.2) is 6.61 Å². The zero-order valence-electron chi connectivity index (χ0n) is 12.9. The molecule has 0 saturated heterocycles. The fraction of sp³-hybridized carbons (Fsp3) is 0.250. The van der Waals surface area contributed by atoms with Crippen molar-refractivity contribution >= 4 is 46.4 Å². The van der Waals surface area contributed by atoms with E-state index < -0.39 is 18.5 Å². The summed E-state index contributed by atoms with van der Waals surface area (Å²) in [4.78, 5) is 27.5. The van der Waals surface area contributed by atoms with Gasteiger partial charge in [0, 0.05) is 17.5 Å². The van der Waals surface area contributed by atoms with Crippen LogP contribution in [0, 0.1) is 11.3 Å². The van der Waals surface area contributed by atoms with E-state index in [1.54, 1.807) is 23.6 Å². The Bertz CT molecular complexity index is 797. The predicted molar refractivity (Wildman–Crippen MR) is 95.5 cm³/mol. The number of rotatable bonds is 7. The normalized spacial score (nSPS) is 10.1. The summed E-state index contributed by atoms with van der Waals surface area (Å²) in [6.45, 7) is -0.168. The van der Waals surface area contributed by atoms with Crippen molar-refractivity contribution in [3.8, 4) is 16.6 Å². The summed E-state index contributed by atoms with van der Waals surface area (Å²) in [5.41, 5.74) is 1.12.